The van der Waals surface area contributed by atoms with E-state index in [0.29, 0.717) is 18.2 Å². The summed E-state index contributed by atoms with van der Waals surface area (Å²) < 4.78 is 5.27. The van der Waals surface area contributed by atoms with E-state index in [1.807, 2.05) is 32.0 Å². The Morgan fingerprint density at radius 3 is 2.33 bits per heavy atom. The van der Waals surface area contributed by atoms with Crippen molar-refractivity contribution in [1.82, 2.24) is 14.9 Å². The molecule has 3 heterocycles. The van der Waals surface area contributed by atoms with Gasteiger partial charge in [-0.3, -0.25) is 4.79 Å². The van der Waals surface area contributed by atoms with Crippen LogP contribution in [0.1, 0.15) is 55.1 Å². The number of anilines is 1. The molecule has 2 aromatic rings. The van der Waals surface area contributed by atoms with Crippen LogP contribution in [-0.2, 0) is 4.79 Å². The highest BCUT2D eigenvalue weighted by molar-refractivity contribution is 5.77. The first-order chi connectivity index (χ1) is 14.5. The predicted molar refractivity (Wildman–Crippen MR) is 118 cm³/mol. The average Bonchev–Trinajstić information content (AvgIpc) is 3.24. The fraction of sp³-hybridized carbons (Fsp3) is 0.542. The van der Waals surface area contributed by atoms with E-state index in [1.54, 1.807) is 7.11 Å². The zero-order valence-corrected chi connectivity index (χ0v) is 18.3. The number of rotatable bonds is 5. The molecule has 0 saturated carbocycles. The molecule has 1 aromatic carbocycles. The van der Waals surface area contributed by atoms with Gasteiger partial charge in [0, 0.05) is 37.4 Å². The van der Waals surface area contributed by atoms with E-state index in [1.165, 1.54) is 5.56 Å². The number of carbonyl (C=O) groups is 1. The molecular formula is C24H32N4O2. The van der Waals surface area contributed by atoms with Crippen LogP contribution in [0.2, 0.25) is 0 Å². The molecule has 0 spiro atoms. The van der Waals surface area contributed by atoms with Crippen molar-refractivity contribution in [2.75, 3.05) is 31.6 Å². The third-order valence-electron chi connectivity index (χ3n) is 6.40. The Hall–Kier alpha value is -2.63. The van der Waals surface area contributed by atoms with Gasteiger partial charge in [0.25, 0.3) is 0 Å². The van der Waals surface area contributed by atoms with Gasteiger partial charge in [-0.1, -0.05) is 12.1 Å². The molecule has 1 unspecified atom stereocenters. The van der Waals surface area contributed by atoms with Crippen molar-refractivity contribution >= 4 is 11.9 Å². The average molecular weight is 409 g/mol. The molecule has 160 valence electrons. The second-order valence-electron chi connectivity index (χ2n) is 8.60. The Labute approximate surface area is 179 Å². The number of amides is 1. The van der Waals surface area contributed by atoms with E-state index in [0.717, 1.165) is 68.4 Å². The first kappa shape index (κ1) is 20.6. The number of benzene rings is 1. The third-order valence-corrected chi connectivity index (χ3v) is 6.40. The van der Waals surface area contributed by atoms with Crippen LogP contribution in [0.25, 0.3) is 0 Å². The third kappa shape index (κ3) is 4.58. The van der Waals surface area contributed by atoms with E-state index in [2.05, 4.69) is 31.9 Å². The van der Waals surface area contributed by atoms with Crippen LogP contribution in [0.3, 0.4) is 0 Å². The highest BCUT2D eigenvalue weighted by atomic mass is 16.5. The highest BCUT2D eigenvalue weighted by Gasteiger charge is 2.32. The first-order valence-electron chi connectivity index (χ1n) is 11.0. The summed E-state index contributed by atoms with van der Waals surface area (Å²) >= 11 is 0. The van der Waals surface area contributed by atoms with Gasteiger partial charge in [-0.15, -0.1) is 0 Å². The van der Waals surface area contributed by atoms with Crippen LogP contribution >= 0.6 is 0 Å². The van der Waals surface area contributed by atoms with Gasteiger partial charge in [-0.2, -0.15) is 0 Å². The van der Waals surface area contributed by atoms with Crippen LogP contribution in [-0.4, -0.2) is 47.5 Å². The number of hydrogen-bond donors (Lipinski definition) is 0. The van der Waals surface area contributed by atoms with Gasteiger partial charge in [0.2, 0.25) is 11.9 Å². The first-order valence-corrected chi connectivity index (χ1v) is 11.0. The number of piperidine rings is 1. The summed E-state index contributed by atoms with van der Waals surface area (Å²) in [6, 6.07) is 10.4. The number of aromatic nitrogens is 2. The van der Waals surface area contributed by atoms with Gasteiger partial charge in [-0.05, 0) is 69.2 Å². The van der Waals surface area contributed by atoms with Gasteiger partial charge in [-0.25, -0.2) is 9.97 Å². The van der Waals surface area contributed by atoms with E-state index in [4.69, 9.17) is 4.74 Å². The molecule has 2 aliphatic heterocycles. The predicted octanol–water partition coefficient (Wildman–Crippen LogP) is 4.07. The monoisotopic (exact) mass is 408 g/mol. The van der Waals surface area contributed by atoms with Crippen molar-refractivity contribution in [2.24, 2.45) is 5.92 Å². The smallest absolute Gasteiger partial charge is 0.225 e. The molecule has 30 heavy (non-hydrogen) atoms. The Kier molecular flexibility index (Phi) is 6.21. The quantitative estimate of drug-likeness (QED) is 0.746. The molecule has 2 fully saturated rings. The van der Waals surface area contributed by atoms with E-state index < -0.39 is 0 Å². The Morgan fingerprint density at radius 2 is 1.70 bits per heavy atom. The van der Waals surface area contributed by atoms with Crippen LogP contribution in [0.15, 0.2) is 30.3 Å². The summed E-state index contributed by atoms with van der Waals surface area (Å²) in [5.41, 5.74) is 3.23. The second kappa shape index (κ2) is 9.02. The van der Waals surface area contributed by atoms with E-state index >= 15 is 0 Å². The number of aryl methyl sites for hydroxylation is 2. The molecule has 0 radical (unpaired) electrons. The zero-order valence-electron chi connectivity index (χ0n) is 18.3. The van der Waals surface area contributed by atoms with Crippen molar-refractivity contribution in [2.45, 2.75) is 52.0 Å². The summed E-state index contributed by atoms with van der Waals surface area (Å²) in [4.78, 5) is 26.7. The molecule has 0 bridgehead atoms. The second-order valence-corrected chi connectivity index (χ2v) is 8.60. The van der Waals surface area contributed by atoms with Gasteiger partial charge >= 0.3 is 0 Å². The largest absolute Gasteiger partial charge is 0.497 e. The lowest BCUT2D eigenvalue weighted by molar-refractivity contribution is -0.133. The standard InChI is InChI=1S/C24H32N4O2/c1-17-15-18(2)26-24(25-17)27-13-10-19(11-14-27)16-23(29)28-12-4-5-22(28)20-6-8-21(30-3)9-7-20/h6-9,15,19,22H,4-5,10-14,16H2,1-3H3. The molecule has 1 amide bonds. The molecule has 6 nitrogen and oxygen atoms in total. The van der Waals surface area contributed by atoms with Gasteiger partial charge < -0.3 is 14.5 Å². The fourth-order valence-electron chi connectivity index (χ4n) is 4.79. The van der Waals surface area contributed by atoms with Crippen LogP contribution in [0, 0.1) is 19.8 Å². The Morgan fingerprint density at radius 1 is 1.03 bits per heavy atom. The lowest BCUT2D eigenvalue weighted by Gasteiger charge is -2.33. The fourth-order valence-corrected chi connectivity index (χ4v) is 4.79. The molecule has 0 N–H and O–H groups in total. The number of methoxy groups -OCH3 is 1. The highest BCUT2D eigenvalue weighted by Crippen LogP contribution is 2.34. The maximum Gasteiger partial charge on any atom is 0.225 e. The molecule has 4 rings (SSSR count). The lowest BCUT2D eigenvalue weighted by atomic mass is 9.92. The van der Waals surface area contributed by atoms with Crippen LogP contribution in [0.4, 0.5) is 5.95 Å². The van der Waals surface area contributed by atoms with Gasteiger partial charge in [0.15, 0.2) is 0 Å². The minimum absolute atomic E-state index is 0.201. The minimum atomic E-state index is 0.201. The van der Waals surface area contributed by atoms with Crippen molar-refractivity contribution in [3.63, 3.8) is 0 Å². The van der Waals surface area contributed by atoms with Gasteiger partial charge in [0.1, 0.15) is 5.75 Å². The molecule has 6 heteroatoms. The summed E-state index contributed by atoms with van der Waals surface area (Å²) in [6.45, 7) is 6.73. The SMILES string of the molecule is COc1ccc(C2CCCN2C(=O)CC2CCN(c3nc(C)cc(C)n3)CC2)cc1. The van der Waals surface area contributed by atoms with Crippen molar-refractivity contribution in [3.05, 3.63) is 47.3 Å². The minimum Gasteiger partial charge on any atom is -0.497 e. The Bertz CT molecular complexity index is 855. The summed E-state index contributed by atoms with van der Waals surface area (Å²) in [6.07, 6.45) is 4.80. The van der Waals surface area contributed by atoms with Crippen molar-refractivity contribution in [3.8, 4) is 5.75 Å². The van der Waals surface area contributed by atoms with Crippen LogP contribution in [0.5, 0.6) is 5.75 Å². The van der Waals surface area contributed by atoms with Crippen LogP contribution < -0.4 is 9.64 Å². The lowest BCUT2D eigenvalue weighted by Crippen LogP contribution is -2.38. The van der Waals surface area contributed by atoms with Crippen molar-refractivity contribution in [1.29, 1.82) is 0 Å². The van der Waals surface area contributed by atoms with E-state index in [9.17, 15) is 4.79 Å². The maximum atomic E-state index is 13.1. The Balaban J connectivity index is 1.33. The number of carbonyl (C=O) groups excluding carboxylic acids is 1. The maximum absolute atomic E-state index is 13.1. The van der Waals surface area contributed by atoms with E-state index in [-0.39, 0.29) is 6.04 Å². The summed E-state index contributed by atoms with van der Waals surface area (Å²) in [7, 11) is 1.68. The summed E-state index contributed by atoms with van der Waals surface area (Å²) in [5, 5.41) is 0. The number of likely N-dealkylation sites (tertiary alicyclic amines) is 1. The molecule has 1 atom stereocenters. The number of nitrogens with zero attached hydrogens (tertiary/aromatic N) is 4. The molecule has 0 aliphatic carbocycles. The molecule has 1 aromatic heterocycles. The topological polar surface area (TPSA) is 58.6 Å². The molecular weight excluding hydrogens is 376 g/mol. The normalized spacial score (nSPS) is 19.9. The summed E-state index contributed by atoms with van der Waals surface area (Å²) in [5.74, 6) is 2.43. The molecule has 2 aliphatic rings. The zero-order chi connectivity index (χ0) is 21.1. The van der Waals surface area contributed by atoms with Crippen molar-refractivity contribution < 1.29 is 9.53 Å². The molecule has 2 saturated heterocycles. The van der Waals surface area contributed by atoms with Gasteiger partial charge in [0.05, 0.1) is 13.2 Å². The number of hydrogen-bond acceptors (Lipinski definition) is 5. The number of ether oxygens (including phenoxy) is 1.